The molecule has 0 aliphatic heterocycles. The number of halogens is 3. The van der Waals surface area contributed by atoms with Gasteiger partial charge in [0, 0.05) is 18.7 Å². The molecule has 1 aromatic carbocycles. The van der Waals surface area contributed by atoms with Gasteiger partial charge in [0.15, 0.2) is 0 Å². The van der Waals surface area contributed by atoms with E-state index in [9.17, 15) is 17.2 Å². The van der Waals surface area contributed by atoms with Crippen LogP contribution < -0.4 is 10.0 Å². The van der Waals surface area contributed by atoms with Crippen molar-refractivity contribution in [2.75, 3.05) is 11.3 Å². The van der Waals surface area contributed by atoms with Crippen molar-refractivity contribution in [2.45, 2.75) is 32.1 Å². The molecule has 1 rings (SSSR count). The molecule has 0 bridgehead atoms. The van der Waals surface area contributed by atoms with Crippen LogP contribution >= 0.6 is 15.9 Å². The van der Waals surface area contributed by atoms with Crippen LogP contribution in [0, 0.1) is 11.6 Å². The highest BCUT2D eigenvalue weighted by Crippen LogP contribution is 2.24. The van der Waals surface area contributed by atoms with Gasteiger partial charge in [0.1, 0.15) is 11.6 Å². The van der Waals surface area contributed by atoms with E-state index in [1.807, 2.05) is 13.8 Å². The molecule has 0 aliphatic carbocycles. The molecule has 0 heterocycles. The first kappa shape index (κ1) is 17.3. The van der Waals surface area contributed by atoms with E-state index in [0.29, 0.717) is 0 Å². The van der Waals surface area contributed by atoms with E-state index in [-0.39, 0.29) is 17.1 Å². The second-order valence-corrected chi connectivity index (χ2v) is 7.72. The largest absolute Gasteiger partial charge is 0.313 e. The van der Waals surface area contributed by atoms with Crippen molar-refractivity contribution in [1.82, 2.24) is 5.32 Å². The Morgan fingerprint density at radius 3 is 2.35 bits per heavy atom. The van der Waals surface area contributed by atoms with Gasteiger partial charge in [-0.2, -0.15) is 0 Å². The van der Waals surface area contributed by atoms with E-state index in [4.69, 9.17) is 0 Å². The number of hydrogen-bond acceptors (Lipinski definition) is 3. The molecule has 0 fully saturated rings. The average molecular weight is 371 g/mol. The van der Waals surface area contributed by atoms with E-state index in [1.165, 1.54) is 6.92 Å². The summed E-state index contributed by atoms with van der Waals surface area (Å²) in [6.45, 7) is 5.48. The molecule has 0 radical (unpaired) electrons. The zero-order chi connectivity index (χ0) is 15.5. The molecule has 4 nitrogen and oxygen atoms in total. The predicted octanol–water partition coefficient (Wildman–Crippen LogP) is 2.86. The molecule has 20 heavy (non-hydrogen) atoms. The summed E-state index contributed by atoms with van der Waals surface area (Å²) < 4.78 is 53.0. The first-order valence-corrected chi connectivity index (χ1v) is 8.37. The Bertz CT molecular complexity index is 579. The summed E-state index contributed by atoms with van der Waals surface area (Å²) in [5.74, 6) is -1.58. The van der Waals surface area contributed by atoms with Gasteiger partial charge in [-0.1, -0.05) is 13.8 Å². The van der Waals surface area contributed by atoms with Crippen molar-refractivity contribution in [3.05, 3.63) is 28.2 Å². The third-order valence-electron chi connectivity index (χ3n) is 2.61. The van der Waals surface area contributed by atoms with Gasteiger partial charge < -0.3 is 5.32 Å². The zero-order valence-corrected chi connectivity index (χ0v) is 13.8. The summed E-state index contributed by atoms with van der Waals surface area (Å²) >= 11 is 2.83. The Morgan fingerprint density at radius 2 is 1.80 bits per heavy atom. The molecule has 114 valence electrons. The van der Waals surface area contributed by atoms with Gasteiger partial charge in [0.25, 0.3) is 0 Å². The van der Waals surface area contributed by atoms with Crippen molar-refractivity contribution in [1.29, 1.82) is 0 Å². The van der Waals surface area contributed by atoms with Crippen LogP contribution in [0.2, 0.25) is 0 Å². The SMILES string of the molecule is CC(C)NCC(C)S(=O)(=O)Nc1cc(F)c(Br)cc1F. The molecular formula is C12H17BrF2N2O2S. The molecule has 0 aliphatic rings. The zero-order valence-electron chi connectivity index (χ0n) is 11.4. The van der Waals surface area contributed by atoms with Crippen LogP contribution in [0.4, 0.5) is 14.5 Å². The lowest BCUT2D eigenvalue weighted by atomic mass is 10.3. The first-order valence-electron chi connectivity index (χ1n) is 6.03. The molecule has 0 spiro atoms. The number of nitrogens with one attached hydrogen (secondary N) is 2. The summed E-state index contributed by atoms with van der Waals surface area (Å²) in [7, 11) is -3.80. The second kappa shape index (κ2) is 6.82. The Balaban J connectivity index is 2.88. The molecule has 0 aromatic heterocycles. The van der Waals surface area contributed by atoms with Gasteiger partial charge >= 0.3 is 0 Å². The van der Waals surface area contributed by atoms with E-state index in [2.05, 4.69) is 26.0 Å². The maximum absolute atomic E-state index is 13.6. The number of rotatable bonds is 6. The minimum absolute atomic E-state index is 0.0625. The van der Waals surface area contributed by atoms with E-state index < -0.39 is 32.6 Å². The summed E-state index contributed by atoms with van der Waals surface area (Å²) in [5.41, 5.74) is -0.401. The third kappa shape index (κ3) is 4.68. The van der Waals surface area contributed by atoms with Crippen LogP contribution in [0.3, 0.4) is 0 Å². The van der Waals surface area contributed by atoms with Gasteiger partial charge in [-0.15, -0.1) is 0 Å². The van der Waals surface area contributed by atoms with Crippen molar-refractivity contribution in [3.63, 3.8) is 0 Å². The molecule has 0 amide bonds. The van der Waals surface area contributed by atoms with Crippen LogP contribution in [0.5, 0.6) is 0 Å². The standard InChI is InChI=1S/C12H17BrF2N2O2S/c1-7(2)16-6-8(3)20(18,19)17-12-5-10(14)9(13)4-11(12)15/h4-5,7-8,16-17H,6H2,1-3H3. The van der Waals surface area contributed by atoms with Crippen LogP contribution in [0.15, 0.2) is 16.6 Å². The fraction of sp³-hybridized carbons (Fsp3) is 0.500. The average Bonchev–Trinajstić information content (AvgIpc) is 2.32. The Morgan fingerprint density at radius 1 is 1.20 bits per heavy atom. The minimum Gasteiger partial charge on any atom is -0.313 e. The maximum Gasteiger partial charge on any atom is 0.236 e. The summed E-state index contributed by atoms with van der Waals surface area (Å²) in [6.07, 6.45) is 0. The number of anilines is 1. The van der Waals surface area contributed by atoms with Gasteiger partial charge in [-0.3, -0.25) is 4.72 Å². The third-order valence-corrected chi connectivity index (χ3v) is 4.94. The predicted molar refractivity (Wildman–Crippen MR) is 79.2 cm³/mol. The van der Waals surface area contributed by atoms with E-state index >= 15 is 0 Å². The summed E-state index contributed by atoms with van der Waals surface area (Å²) in [6, 6.07) is 1.82. The normalized spacial score (nSPS) is 13.6. The number of benzene rings is 1. The molecule has 1 atom stereocenters. The fourth-order valence-corrected chi connectivity index (χ4v) is 2.66. The molecule has 1 unspecified atom stereocenters. The lowest BCUT2D eigenvalue weighted by Gasteiger charge is -2.17. The minimum atomic E-state index is -3.80. The number of hydrogen-bond donors (Lipinski definition) is 2. The van der Waals surface area contributed by atoms with Gasteiger partial charge in [-0.05, 0) is 28.9 Å². The van der Waals surface area contributed by atoms with Crippen LogP contribution in [0.1, 0.15) is 20.8 Å². The smallest absolute Gasteiger partial charge is 0.236 e. The monoisotopic (exact) mass is 370 g/mol. The molecule has 8 heteroatoms. The lowest BCUT2D eigenvalue weighted by Crippen LogP contribution is -2.37. The molecular weight excluding hydrogens is 354 g/mol. The molecule has 0 saturated heterocycles. The van der Waals surface area contributed by atoms with Gasteiger partial charge in [0.05, 0.1) is 15.4 Å². The highest BCUT2D eigenvalue weighted by Gasteiger charge is 2.22. The highest BCUT2D eigenvalue weighted by molar-refractivity contribution is 9.10. The second-order valence-electron chi connectivity index (χ2n) is 4.77. The number of sulfonamides is 1. The summed E-state index contributed by atoms with van der Waals surface area (Å²) in [4.78, 5) is 0. The van der Waals surface area contributed by atoms with Gasteiger partial charge in [0.2, 0.25) is 10.0 Å². The molecule has 1 aromatic rings. The van der Waals surface area contributed by atoms with Crippen molar-refractivity contribution in [2.24, 2.45) is 0 Å². The maximum atomic E-state index is 13.6. The van der Waals surface area contributed by atoms with Crippen molar-refractivity contribution in [3.8, 4) is 0 Å². The quantitative estimate of drug-likeness (QED) is 0.757. The van der Waals surface area contributed by atoms with Crippen LogP contribution in [-0.2, 0) is 10.0 Å². The Hall–Kier alpha value is -0.730. The molecule has 2 N–H and O–H groups in total. The van der Waals surface area contributed by atoms with Crippen LogP contribution in [-0.4, -0.2) is 26.3 Å². The highest BCUT2D eigenvalue weighted by atomic mass is 79.9. The first-order chi connectivity index (χ1) is 9.13. The molecule has 0 saturated carbocycles. The van der Waals surface area contributed by atoms with Crippen molar-refractivity contribution < 1.29 is 17.2 Å². The van der Waals surface area contributed by atoms with Gasteiger partial charge in [-0.25, -0.2) is 17.2 Å². The van der Waals surface area contributed by atoms with Crippen molar-refractivity contribution >= 4 is 31.6 Å². The Labute approximate surface area is 126 Å². The van der Waals surface area contributed by atoms with E-state index in [1.54, 1.807) is 0 Å². The summed E-state index contributed by atoms with van der Waals surface area (Å²) in [5, 5.41) is 2.20. The fourth-order valence-electron chi connectivity index (χ4n) is 1.37. The lowest BCUT2D eigenvalue weighted by molar-refractivity contribution is 0.552. The van der Waals surface area contributed by atoms with Crippen LogP contribution in [0.25, 0.3) is 0 Å². The Kier molecular flexibility index (Phi) is 5.91. The topological polar surface area (TPSA) is 58.2 Å². The van der Waals surface area contributed by atoms with E-state index in [0.717, 1.165) is 12.1 Å².